The van der Waals surface area contributed by atoms with Gasteiger partial charge in [0, 0.05) is 12.1 Å². The highest BCUT2D eigenvalue weighted by atomic mass is 35.5. The topological polar surface area (TPSA) is 53.3 Å². The zero-order valence-electron chi connectivity index (χ0n) is 13.1. The zero-order chi connectivity index (χ0) is 16.2. The summed E-state index contributed by atoms with van der Waals surface area (Å²) < 4.78 is 5.66. The fourth-order valence-electron chi connectivity index (χ4n) is 2.22. The number of carbonyl (C=O) groups is 1. The van der Waals surface area contributed by atoms with Crippen molar-refractivity contribution in [1.82, 2.24) is 4.90 Å². The molecule has 0 radical (unpaired) electrons. The van der Waals surface area contributed by atoms with Gasteiger partial charge in [0.2, 0.25) is 0 Å². The first-order chi connectivity index (χ1) is 9.77. The van der Waals surface area contributed by atoms with E-state index in [0.29, 0.717) is 16.3 Å². The van der Waals surface area contributed by atoms with Crippen LogP contribution < -0.4 is 4.74 Å². The van der Waals surface area contributed by atoms with Crippen LogP contribution in [0.5, 0.6) is 5.75 Å². The largest absolute Gasteiger partial charge is 0.479 e. The summed E-state index contributed by atoms with van der Waals surface area (Å²) in [6.07, 6.45) is -0.639. The SMILES string of the molecule is CC(C)N(C(=O)[C@@H](C)Oc1ccc(C#N)cc1Cl)C(C)C. The summed E-state index contributed by atoms with van der Waals surface area (Å²) >= 11 is 6.06. The number of nitriles is 1. The molecule has 5 heteroatoms. The molecule has 4 nitrogen and oxygen atoms in total. The van der Waals surface area contributed by atoms with Crippen LogP contribution in [0.3, 0.4) is 0 Å². The molecule has 114 valence electrons. The van der Waals surface area contributed by atoms with Gasteiger partial charge in [0.15, 0.2) is 6.10 Å². The van der Waals surface area contributed by atoms with Crippen molar-refractivity contribution in [2.45, 2.75) is 52.8 Å². The molecule has 1 atom stereocenters. The van der Waals surface area contributed by atoms with Crippen LogP contribution in [0.2, 0.25) is 5.02 Å². The van der Waals surface area contributed by atoms with Crippen LogP contribution in [0.15, 0.2) is 18.2 Å². The van der Waals surface area contributed by atoms with E-state index in [9.17, 15) is 4.79 Å². The maximum Gasteiger partial charge on any atom is 0.263 e. The molecule has 1 rings (SSSR count). The molecule has 0 aliphatic rings. The van der Waals surface area contributed by atoms with Gasteiger partial charge in [0.1, 0.15) is 5.75 Å². The fourth-order valence-corrected chi connectivity index (χ4v) is 2.45. The zero-order valence-corrected chi connectivity index (χ0v) is 13.8. The molecule has 1 amide bonds. The van der Waals surface area contributed by atoms with Crippen molar-refractivity contribution in [3.63, 3.8) is 0 Å². The Balaban J connectivity index is 2.88. The van der Waals surface area contributed by atoms with Crippen molar-refractivity contribution in [3.05, 3.63) is 28.8 Å². The molecule has 0 unspecified atom stereocenters. The maximum atomic E-state index is 12.5. The molecule has 0 aliphatic heterocycles. The van der Waals surface area contributed by atoms with E-state index < -0.39 is 6.10 Å². The standard InChI is InChI=1S/C16H21ClN2O2/c1-10(2)19(11(3)4)16(20)12(5)21-15-7-6-13(9-18)8-14(15)17/h6-8,10-12H,1-5H3/t12-/m1/s1. The number of amides is 1. The van der Waals surface area contributed by atoms with Gasteiger partial charge >= 0.3 is 0 Å². The van der Waals surface area contributed by atoms with E-state index in [1.807, 2.05) is 33.8 Å². The van der Waals surface area contributed by atoms with E-state index in [2.05, 4.69) is 0 Å². The molecular formula is C16H21ClN2O2. The Morgan fingerprint density at radius 1 is 1.24 bits per heavy atom. The third kappa shape index (κ3) is 4.37. The number of rotatable bonds is 5. The summed E-state index contributed by atoms with van der Waals surface area (Å²) in [4.78, 5) is 14.3. The molecule has 0 saturated heterocycles. The van der Waals surface area contributed by atoms with Gasteiger partial charge in [-0.25, -0.2) is 0 Å². The molecular weight excluding hydrogens is 288 g/mol. The lowest BCUT2D eigenvalue weighted by atomic mass is 10.2. The van der Waals surface area contributed by atoms with Crippen LogP contribution in [0.25, 0.3) is 0 Å². The van der Waals surface area contributed by atoms with Gasteiger partial charge in [-0.2, -0.15) is 5.26 Å². The minimum Gasteiger partial charge on any atom is -0.479 e. The number of benzene rings is 1. The molecule has 1 aromatic rings. The normalized spacial score (nSPS) is 12.1. The predicted octanol–water partition coefficient (Wildman–Crippen LogP) is 3.62. The van der Waals surface area contributed by atoms with Gasteiger partial charge in [-0.1, -0.05) is 11.6 Å². The Kier molecular flexibility index (Phi) is 6.04. The third-order valence-corrected chi connectivity index (χ3v) is 3.38. The fraction of sp³-hybridized carbons (Fsp3) is 0.500. The summed E-state index contributed by atoms with van der Waals surface area (Å²) in [7, 11) is 0. The van der Waals surface area contributed by atoms with Crippen molar-refractivity contribution in [3.8, 4) is 11.8 Å². The first kappa shape index (κ1) is 17.3. The van der Waals surface area contributed by atoms with Gasteiger partial charge in [-0.05, 0) is 52.8 Å². The lowest BCUT2D eigenvalue weighted by Crippen LogP contribution is -2.48. The first-order valence-electron chi connectivity index (χ1n) is 6.96. The van der Waals surface area contributed by atoms with Crippen LogP contribution in [-0.2, 0) is 4.79 Å². The van der Waals surface area contributed by atoms with Gasteiger partial charge in [-0.15, -0.1) is 0 Å². The molecule has 21 heavy (non-hydrogen) atoms. The average Bonchev–Trinajstić information content (AvgIpc) is 2.39. The minimum atomic E-state index is -0.639. The Bertz CT molecular complexity index is 542. The Hall–Kier alpha value is -1.73. The van der Waals surface area contributed by atoms with Crippen molar-refractivity contribution in [2.24, 2.45) is 0 Å². The highest BCUT2D eigenvalue weighted by Gasteiger charge is 2.26. The van der Waals surface area contributed by atoms with Crippen LogP contribution in [0.4, 0.5) is 0 Å². The summed E-state index contributed by atoms with van der Waals surface area (Å²) in [5, 5.41) is 9.14. The van der Waals surface area contributed by atoms with E-state index >= 15 is 0 Å². The smallest absolute Gasteiger partial charge is 0.263 e. The highest BCUT2D eigenvalue weighted by molar-refractivity contribution is 6.32. The summed E-state index contributed by atoms with van der Waals surface area (Å²) in [5.74, 6) is 0.324. The summed E-state index contributed by atoms with van der Waals surface area (Å²) in [6.45, 7) is 9.59. The molecule has 0 saturated carbocycles. The molecule has 0 aliphatic carbocycles. The van der Waals surface area contributed by atoms with Crippen LogP contribution >= 0.6 is 11.6 Å². The predicted molar refractivity (Wildman–Crippen MR) is 83.4 cm³/mol. The second-order valence-electron chi connectivity index (χ2n) is 5.45. The number of hydrogen-bond donors (Lipinski definition) is 0. The summed E-state index contributed by atoms with van der Waals surface area (Å²) in [6, 6.07) is 6.95. The van der Waals surface area contributed by atoms with Crippen molar-refractivity contribution in [1.29, 1.82) is 5.26 Å². The van der Waals surface area contributed by atoms with E-state index in [4.69, 9.17) is 21.6 Å². The van der Waals surface area contributed by atoms with E-state index in [1.54, 1.807) is 24.0 Å². The molecule has 0 fully saturated rings. The number of hydrogen-bond acceptors (Lipinski definition) is 3. The second-order valence-corrected chi connectivity index (χ2v) is 5.86. The molecule has 0 N–H and O–H groups in total. The second kappa shape index (κ2) is 7.33. The van der Waals surface area contributed by atoms with Crippen molar-refractivity contribution in [2.75, 3.05) is 0 Å². The number of ether oxygens (including phenoxy) is 1. The molecule has 0 spiro atoms. The lowest BCUT2D eigenvalue weighted by molar-refractivity contribution is -0.141. The van der Waals surface area contributed by atoms with Gasteiger partial charge in [-0.3, -0.25) is 4.79 Å². The highest BCUT2D eigenvalue weighted by Crippen LogP contribution is 2.26. The van der Waals surface area contributed by atoms with Crippen LogP contribution in [-0.4, -0.2) is 29.0 Å². The van der Waals surface area contributed by atoms with Gasteiger partial charge in [0.25, 0.3) is 5.91 Å². The Morgan fingerprint density at radius 3 is 2.24 bits per heavy atom. The van der Waals surface area contributed by atoms with E-state index in [0.717, 1.165) is 0 Å². The van der Waals surface area contributed by atoms with Crippen molar-refractivity contribution < 1.29 is 9.53 Å². The molecule has 1 aromatic carbocycles. The van der Waals surface area contributed by atoms with Crippen LogP contribution in [0, 0.1) is 11.3 Å². The number of carbonyl (C=O) groups excluding carboxylic acids is 1. The van der Waals surface area contributed by atoms with E-state index in [1.165, 1.54) is 6.07 Å². The molecule has 0 heterocycles. The first-order valence-corrected chi connectivity index (χ1v) is 7.34. The van der Waals surface area contributed by atoms with Gasteiger partial charge in [0.05, 0.1) is 16.7 Å². The molecule has 0 bridgehead atoms. The number of nitrogens with zero attached hydrogens (tertiary/aromatic N) is 2. The third-order valence-electron chi connectivity index (χ3n) is 3.08. The van der Waals surface area contributed by atoms with E-state index in [-0.39, 0.29) is 18.0 Å². The lowest BCUT2D eigenvalue weighted by Gasteiger charge is -2.33. The quantitative estimate of drug-likeness (QED) is 0.834. The number of halogens is 1. The van der Waals surface area contributed by atoms with Crippen LogP contribution in [0.1, 0.15) is 40.2 Å². The monoisotopic (exact) mass is 308 g/mol. The minimum absolute atomic E-state index is 0.0829. The van der Waals surface area contributed by atoms with Gasteiger partial charge < -0.3 is 9.64 Å². The molecule has 0 aromatic heterocycles. The Morgan fingerprint density at radius 2 is 1.81 bits per heavy atom. The summed E-state index contributed by atoms with van der Waals surface area (Å²) in [5.41, 5.74) is 0.456. The maximum absolute atomic E-state index is 12.5. The van der Waals surface area contributed by atoms with Crippen molar-refractivity contribution >= 4 is 17.5 Å². The Labute approximate surface area is 131 Å². The average molecular weight is 309 g/mol.